The van der Waals surface area contributed by atoms with Gasteiger partial charge in [-0.2, -0.15) is 11.8 Å². The number of rotatable bonds is 45. The number of anilines is 3. The first kappa shape index (κ1) is 87.7. The summed E-state index contributed by atoms with van der Waals surface area (Å²) < 4.78 is 62.6. The number of aromatic amines is 2. The minimum absolute atomic E-state index is 0.0193. The number of nitrogens with one attached hydrogen (secondary N) is 5. The van der Waals surface area contributed by atoms with Crippen LogP contribution < -0.4 is 40.7 Å². The Labute approximate surface area is 674 Å². The smallest absolute Gasteiger partial charge is 0.466 e. The molecule has 11 rings (SSSR count). The number of thioether (sulfide) groups is 1. The third kappa shape index (κ3) is 21.5. The van der Waals surface area contributed by atoms with Crippen LogP contribution in [0.2, 0.25) is 0 Å². The first-order valence-corrected chi connectivity index (χ1v) is 42.0. The van der Waals surface area contributed by atoms with Crippen molar-refractivity contribution in [3.05, 3.63) is 76.6 Å². The van der Waals surface area contributed by atoms with Crippen molar-refractivity contribution < 1.29 is 99.9 Å². The minimum atomic E-state index is -4.99. The summed E-state index contributed by atoms with van der Waals surface area (Å²) in [6.45, 7) is 12.4. The number of amides is 9. The number of Topliss-reactive ketones (excluding diaryl/α,β-unsaturated/α-hetero) is 1. The van der Waals surface area contributed by atoms with Crippen LogP contribution in [0, 0.1) is 36.5 Å². The van der Waals surface area contributed by atoms with Gasteiger partial charge in [0.2, 0.25) is 35.4 Å². The molecule has 32 nitrogen and oxygen atoms in total. The van der Waals surface area contributed by atoms with Gasteiger partial charge in [0, 0.05) is 137 Å². The Balaban J connectivity index is 0.623. The number of primary amides is 1. The second-order valence-corrected chi connectivity index (χ2v) is 32.7. The van der Waals surface area contributed by atoms with Gasteiger partial charge in [0.05, 0.1) is 130 Å². The van der Waals surface area contributed by atoms with E-state index in [1.807, 2.05) is 26.3 Å². The topological polar surface area (TPSA) is 404 Å². The highest BCUT2D eigenvalue weighted by atomic mass is 35.5. The van der Waals surface area contributed by atoms with Crippen molar-refractivity contribution in [2.24, 2.45) is 28.4 Å². The molecule has 5 unspecified atom stereocenters. The molecule has 0 spiro atoms. The number of carbonyl (C=O) groups excluding carboxylic acids is 9. The second kappa shape index (κ2) is 39.8. The maximum Gasteiger partial charge on any atom is 0.524 e. The number of thiocarbonyl (C=S) groups is 1. The van der Waals surface area contributed by atoms with E-state index in [1.165, 1.54) is 27.6 Å². The summed E-state index contributed by atoms with van der Waals surface area (Å²) in [5.41, 5.74) is 10.0. The van der Waals surface area contributed by atoms with Crippen molar-refractivity contribution in [3.63, 3.8) is 0 Å². The highest BCUT2D eigenvalue weighted by Gasteiger charge is 2.76. The molecule has 2 aromatic heterocycles. The van der Waals surface area contributed by atoms with E-state index in [0.29, 0.717) is 118 Å². The number of aryl methyl sites for hydroxylation is 2. The monoisotopic (exact) mass is 1670 g/mol. The fraction of sp³-hybridized carbons (Fsp3) is 0.579. The van der Waals surface area contributed by atoms with Gasteiger partial charge in [-0.25, -0.2) is 14.2 Å². The zero-order chi connectivity index (χ0) is 81.5. The van der Waals surface area contributed by atoms with E-state index in [2.05, 4.69) is 25.9 Å². The molecule has 5 atom stereocenters. The van der Waals surface area contributed by atoms with E-state index < -0.39 is 54.6 Å². The predicted molar refractivity (Wildman–Crippen MR) is 428 cm³/mol. The zero-order valence-corrected chi connectivity index (χ0v) is 68.6. The number of aromatic nitrogens is 2. The van der Waals surface area contributed by atoms with Gasteiger partial charge in [0.1, 0.15) is 6.61 Å². The fourth-order valence-electron chi connectivity index (χ4n) is 15.3. The molecule has 5 heterocycles. The molecule has 618 valence electrons. The Hall–Kier alpha value is -7.70. The number of benzene rings is 3. The number of phosphoric ester groups is 1. The number of hydrogen-bond acceptors (Lipinski definition) is 21. The number of imide groups is 1. The number of fused-ring (bicyclic) bond motifs is 6. The van der Waals surface area contributed by atoms with E-state index in [-0.39, 0.29) is 179 Å². The SMILES string of the molecule is CSC1CC(=O)N(CCOCCOCCOCCOCCOCCOCCC(=O)NC(C(=O)CC(CCCNC(N)=O)C(=O)Nc2ccc(COC(=S)N(C)CCN(C)C(=O)Oc3cc4c(c5c(C)c[nH]c35)C(CCl)CN4C(=O)C34CC(C(=O)N5CC(CCl)c6c5cc(OP(=O)(O)O)c5[nH]cc(C)c65)(C3)C4)cc2)C(C)C)C1=O. The Morgan fingerprint density at radius 3 is 1.74 bits per heavy atom. The molecule has 6 aliphatic rings. The third-order valence-corrected chi connectivity index (χ3v) is 23.7. The standard InChI is InChI=1S/C76H102Cl2N11O21PS2/c1-45(2)65(84-59(91)14-19-102-21-23-104-25-27-106-29-30-107-28-26-105-24-22-103-20-18-87-60(92)34-58(113-7)69(87)94)55(90)31-49(9-8-15-80-72(79)97)68(93)83-52-12-10-48(11-13-52)41-108-74(112)86(6)17-16-85(5)73(98)109-56-32-53-63(61-46(3)37-81-66(56)61)50(35-77)39-88(53)70(95)75-42-76(43-75,44-75)71(96)89-40-51(36-78)64-54(89)33-57(110-111(99,100)101)67-62(64)47(4)38-82-67/h10-13,32-33,37-38,45,49-51,58,65,81-82H,8-9,14-31,34-36,39-44H2,1-7H3,(H,83,93)(H,84,91)(H3,79,80,97)(H2,99,100,101). The zero-order valence-electron chi connectivity index (χ0n) is 64.6. The molecule has 5 aromatic rings. The van der Waals surface area contributed by atoms with Crippen LogP contribution >= 0.6 is 55.0 Å². The van der Waals surface area contributed by atoms with Crippen LogP contribution in [-0.4, -0.2) is 255 Å². The summed E-state index contributed by atoms with van der Waals surface area (Å²) in [5, 5.41) is 9.54. The Morgan fingerprint density at radius 2 is 1.25 bits per heavy atom. The predicted octanol–water partition coefficient (Wildman–Crippen LogP) is 7.89. The van der Waals surface area contributed by atoms with E-state index in [9.17, 15) is 57.5 Å². The number of likely N-dealkylation sites (tertiary alicyclic amines) is 1. The number of ether oxygens (including phenoxy) is 8. The van der Waals surface area contributed by atoms with Gasteiger partial charge < -0.3 is 93.7 Å². The van der Waals surface area contributed by atoms with Crippen molar-refractivity contribution in [2.75, 3.05) is 166 Å². The van der Waals surface area contributed by atoms with Gasteiger partial charge >= 0.3 is 19.9 Å². The highest BCUT2D eigenvalue weighted by Crippen LogP contribution is 2.75. The quantitative estimate of drug-likeness (QED) is 0.00603. The first-order chi connectivity index (χ1) is 54.0. The minimum Gasteiger partial charge on any atom is -0.466 e. The number of urea groups is 1. The van der Waals surface area contributed by atoms with Crippen molar-refractivity contribution in [3.8, 4) is 11.5 Å². The van der Waals surface area contributed by atoms with E-state index in [4.69, 9.17) is 83.6 Å². The van der Waals surface area contributed by atoms with Crippen LogP contribution in [0.1, 0.15) is 105 Å². The molecule has 3 aromatic carbocycles. The van der Waals surface area contributed by atoms with Gasteiger partial charge in [0.25, 0.3) is 5.17 Å². The van der Waals surface area contributed by atoms with Crippen molar-refractivity contribution >= 4 is 152 Å². The summed E-state index contributed by atoms with van der Waals surface area (Å²) in [5.74, 6) is -3.06. The number of nitrogens with zero attached hydrogens (tertiary/aromatic N) is 5. The molecule has 0 radical (unpaired) electrons. The number of ketones is 1. The lowest BCUT2D eigenvalue weighted by molar-refractivity contribution is -0.205. The number of H-pyrrole nitrogens is 2. The van der Waals surface area contributed by atoms with Gasteiger partial charge in [-0.15, -0.1) is 23.2 Å². The number of hydrogen-bond donors (Lipinski definition) is 8. The van der Waals surface area contributed by atoms with Crippen molar-refractivity contribution in [1.82, 2.24) is 35.3 Å². The van der Waals surface area contributed by atoms with Crippen molar-refractivity contribution in [2.45, 2.75) is 109 Å². The van der Waals surface area contributed by atoms with Crippen LogP contribution in [0.15, 0.2) is 48.8 Å². The van der Waals surface area contributed by atoms with Crippen LogP contribution in [0.25, 0.3) is 21.8 Å². The summed E-state index contributed by atoms with van der Waals surface area (Å²) in [6.07, 6.45) is 6.09. The maximum atomic E-state index is 15.0. The summed E-state index contributed by atoms with van der Waals surface area (Å²) in [6, 6.07) is 8.42. The molecule has 37 heteroatoms. The summed E-state index contributed by atoms with van der Waals surface area (Å²) in [4.78, 5) is 154. The van der Waals surface area contributed by atoms with Gasteiger partial charge in [-0.1, -0.05) is 26.0 Å². The molecule has 2 bridgehead atoms. The van der Waals surface area contributed by atoms with E-state index >= 15 is 0 Å². The summed E-state index contributed by atoms with van der Waals surface area (Å²) >= 11 is 20.2. The largest absolute Gasteiger partial charge is 0.524 e. The van der Waals surface area contributed by atoms with Crippen LogP contribution in [-0.2, 0) is 77.9 Å². The molecule has 3 aliphatic carbocycles. The normalized spacial score (nSPS) is 19.4. The van der Waals surface area contributed by atoms with Crippen LogP contribution in [0.3, 0.4) is 0 Å². The number of halogens is 2. The second-order valence-electron chi connectivity index (χ2n) is 29.5. The molecule has 4 fully saturated rings. The van der Waals surface area contributed by atoms with Gasteiger partial charge in [-0.3, -0.25) is 48.2 Å². The lowest BCUT2D eigenvalue weighted by Gasteiger charge is -2.69. The molecule has 3 aliphatic heterocycles. The van der Waals surface area contributed by atoms with Crippen molar-refractivity contribution in [1.29, 1.82) is 0 Å². The molecule has 3 saturated carbocycles. The third-order valence-electron chi connectivity index (χ3n) is 21.1. The first-order valence-electron chi connectivity index (χ1n) is 37.7. The average Bonchev–Trinajstić information content (AvgIpc) is 1.57. The Bertz CT molecular complexity index is 4320. The van der Waals surface area contributed by atoms with Crippen LogP contribution in [0.5, 0.6) is 11.5 Å². The number of likely N-dealkylation sites (N-methyl/N-ethyl adjacent to an activating group) is 2. The number of carbonyl (C=O) groups is 9. The number of nitrogens with two attached hydrogens (primary N) is 1. The highest BCUT2D eigenvalue weighted by molar-refractivity contribution is 8.00. The van der Waals surface area contributed by atoms with E-state index in [1.54, 1.807) is 79.2 Å². The molecular weight excluding hydrogens is 1570 g/mol. The van der Waals surface area contributed by atoms with Gasteiger partial charge in [0.15, 0.2) is 17.3 Å². The van der Waals surface area contributed by atoms with E-state index in [0.717, 1.165) is 27.6 Å². The molecule has 9 N–H and O–H groups in total. The van der Waals surface area contributed by atoms with Gasteiger partial charge in [-0.05, 0) is 110 Å². The molecule has 1 saturated heterocycles. The molecule has 113 heavy (non-hydrogen) atoms. The molecule has 9 amide bonds. The van der Waals surface area contributed by atoms with Crippen LogP contribution in [0.4, 0.5) is 26.7 Å². The number of phosphoric acid groups is 1. The lowest BCUT2D eigenvalue weighted by atomic mass is 9.34. The maximum absolute atomic E-state index is 15.0. The molecular formula is C76H102Cl2N11O21PS2. The summed E-state index contributed by atoms with van der Waals surface area (Å²) in [7, 11) is -1.69. The Kier molecular flexibility index (Phi) is 30.9. The number of alkyl halides is 2. The Morgan fingerprint density at radius 1 is 0.743 bits per heavy atom. The average molecular weight is 1670 g/mol. The lowest BCUT2D eigenvalue weighted by Crippen LogP contribution is -2.73. The fourth-order valence-corrected chi connectivity index (χ4v) is 17.0.